The molecular formula is C12H16FN3O4. The number of halogens is 1. The molecule has 1 fully saturated rings. The van der Waals surface area contributed by atoms with Crippen LogP contribution in [-0.2, 0) is 14.3 Å². The molecule has 1 aliphatic rings. The predicted octanol–water partition coefficient (Wildman–Crippen LogP) is 1.47. The quantitative estimate of drug-likeness (QED) is 0.850. The lowest BCUT2D eigenvalue weighted by Gasteiger charge is -2.22. The Morgan fingerprint density at radius 3 is 2.80 bits per heavy atom. The van der Waals surface area contributed by atoms with Gasteiger partial charge in [0, 0.05) is 13.5 Å². The van der Waals surface area contributed by atoms with Gasteiger partial charge < -0.3 is 14.8 Å². The molecule has 1 N–H and O–H groups in total. The third-order valence-electron chi connectivity index (χ3n) is 2.96. The summed E-state index contributed by atoms with van der Waals surface area (Å²) in [6.45, 7) is 1.72. The molecule has 0 bridgehead atoms. The van der Waals surface area contributed by atoms with Crippen LogP contribution in [0.25, 0.3) is 0 Å². The number of anilines is 1. The first-order chi connectivity index (χ1) is 9.54. The number of nitrogens with zero attached hydrogens (tertiary/aromatic N) is 2. The number of hydrogen-bond acceptors (Lipinski definition) is 5. The van der Waals surface area contributed by atoms with Crippen molar-refractivity contribution in [2.45, 2.75) is 32.4 Å². The van der Waals surface area contributed by atoms with E-state index in [4.69, 9.17) is 4.74 Å². The van der Waals surface area contributed by atoms with Crippen molar-refractivity contribution in [3.05, 3.63) is 11.6 Å². The summed E-state index contributed by atoms with van der Waals surface area (Å²) in [6.07, 6.45) is 1.81. The zero-order chi connectivity index (χ0) is 14.7. The third-order valence-corrected chi connectivity index (χ3v) is 2.96. The number of aromatic nitrogens is 2. The van der Waals surface area contributed by atoms with Gasteiger partial charge in [0.15, 0.2) is 11.9 Å². The van der Waals surface area contributed by atoms with Gasteiger partial charge in [0.1, 0.15) is 5.69 Å². The molecule has 1 aromatic heterocycles. The second-order valence-electron chi connectivity index (χ2n) is 4.45. The molecule has 1 atom stereocenters. The first-order valence-corrected chi connectivity index (χ1v) is 6.30. The Labute approximate surface area is 115 Å². The number of amides is 1. The van der Waals surface area contributed by atoms with Crippen LogP contribution >= 0.6 is 0 Å². The molecule has 0 radical (unpaired) electrons. The molecule has 0 aliphatic carbocycles. The Kier molecular flexibility index (Phi) is 4.33. The zero-order valence-electron chi connectivity index (χ0n) is 11.3. The molecule has 1 amide bonds. The minimum atomic E-state index is -0.817. The van der Waals surface area contributed by atoms with Crippen molar-refractivity contribution in [3.63, 3.8) is 0 Å². The van der Waals surface area contributed by atoms with Crippen LogP contribution in [0, 0.1) is 5.95 Å². The minimum absolute atomic E-state index is 0.269. The van der Waals surface area contributed by atoms with Crippen molar-refractivity contribution in [3.8, 4) is 0 Å². The Morgan fingerprint density at radius 1 is 1.50 bits per heavy atom. The molecule has 1 unspecified atom stereocenters. The Morgan fingerprint density at radius 2 is 2.25 bits per heavy atom. The summed E-state index contributed by atoms with van der Waals surface area (Å²) in [5.74, 6) is -2.13. The molecule has 0 saturated carbocycles. The van der Waals surface area contributed by atoms with Gasteiger partial charge in [-0.2, -0.15) is 9.49 Å². The van der Waals surface area contributed by atoms with E-state index < -0.39 is 24.1 Å². The lowest BCUT2D eigenvalue weighted by atomic mass is 10.2. The van der Waals surface area contributed by atoms with Crippen LogP contribution in [0.4, 0.5) is 10.1 Å². The second-order valence-corrected chi connectivity index (χ2v) is 4.45. The summed E-state index contributed by atoms with van der Waals surface area (Å²) in [6, 6.07) is 0. The topological polar surface area (TPSA) is 82.4 Å². The average Bonchev–Trinajstić information content (AvgIpc) is 2.76. The number of hydrogen-bond donors (Lipinski definition) is 1. The summed E-state index contributed by atoms with van der Waals surface area (Å²) in [4.78, 5) is 22.7. The fourth-order valence-corrected chi connectivity index (χ4v) is 2.05. The first-order valence-electron chi connectivity index (χ1n) is 6.30. The maximum absolute atomic E-state index is 14.3. The summed E-state index contributed by atoms with van der Waals surface area (Å²) < 4.78 is 25.3. The Balaban J connectivity index is 2.40. The van der Waals surface area contributed by atoms with Crippen molar-refractivity contribution in [1.82, 2.24) is 9.78 Å². The number of methoxy groups -OCH3 is 1. The van der Waals surface area contributed by atoms with Crippen LogP contribution in [0.2, 0.25) is 0 Å². The standard InChI is InChI=1S/C12H16FN3O4/c1-7(17)14-9-10(12(18)19-2)15-16(11(9)13)8-5-3-4-6-20-8/h8H,3-6H2,1-2H3,(H,14,17). The first kappa shape index (κ1) is 14.4. The van der Waals surface area contributed by atoms with Gasteiger partial charge in [-0.3, -0.25) is 4.79 Å². The van der Waals surface area contributed by atoms with E-state index in [1.807, 2.05) is 0 Å². The van der Waals surface area contributed by atoms with Gasteiger partial charge in [-0.25, -0.2) is 9.48 Å². The summed E-state index contributed by atoms with van der Waals surface area (Å²) in [7, 11) is 1.16. The zero-order valence-corrected chi connectivity index (χ0v) is 11.3. The van der Waals surface area contributed by atoms with Crippen LogP contribution < -0.4 is 5.32 Å². The average molecular weight is 285 g/mol. The van der Waals surface area contributed by atoms with Gasteiger partial charge in [0.25, 0.3) is 0 Å². The van der Waals surface area contributed by atoms with Gasteiger partial charge in [0.2, 0.25) is 11.9 Å². The second kappa shape index (κ2) is 6.00. The molecule has 8 heteroatoms. The molecule has 0 aromatic carbocycles. The number of carbonyl (C=O) groups excluding carboxylic acids is 2. The van der Waals surface area contributed by atoms with Crippen LogP contribution in [-0.4, -0.2) is 35.4 Å². The number of carbonyl (C=O) groups is 2. The Bertz CT molecular complexity index is 523. The van der Waals surface area contributed by atoms with E-state index in [0.29, 0.717) is 13.0 Å². The highest BCUT2D eigenvalue weighted by Crippen LogP contribution is 2.28. The van der Waals surface area contributed by atoms with Gasteiger partial charge >= 0.3 is 5.97 Å². The van der Waals surface area contributed by atoms with Crippen molar-refractivity contribution >= 4 is 17.6 Å². The number of nitrogens with one attached hydrogen (secondary N) is 1. The number of rotatable bonds is 3. The van der Waals surface area contributed by atoms with Crippen LogP contribution in [0.1, 0.15) is 42.9 Å². The highest BCUT2D eigenvalue weighted by atomic mass is 19.1. The molecule has 1 aliphatic heterocycles. The molecule has 110 valence electrons. The highest BCUT2D eigenvalue weighted by molar-refractivity contribution is 5.99. The van der Waals surface area contributed by atoms with E-state index >= 15 is 0 Å². The van der Waals surface area contributed by atoms with Crippen molar-refractivity contribution in [2.24, 2.45) is 0 Å². The van der Waals surface area contributed by atoms with Crippen LogP contribution in [0.15, 0.2) is 0 Å². The van der Waals surface area contributed by atoms with Crippen LogP contribution in [0.5, 0.6) is 0 Å². The van der Waals surface area contributed by atoms with E-state index in [2.05, 4.69) is 15.2 Å². The Hall–Kier alpha value is -1.96. The molecule has 1 aromatic rings. The van der Waals surface area contributed by atoms with Gasteiger partial charge in [0.05, 0.1) is 7.11 Å². The number of esters is 1. The molecule has 1 saturated heterocycles. The highest BCUT2D eigenvalue weighted by Gasteiger charge is 2.29. The largest absolute Gasteiger partial charge is 0.464 e. The smallest absolute Gasteiger partial charge is 0.360 e. The molecule has 2 heterocycles. The third kappa shape index (κ3) is 2.79. The fourth-order valence-electron chi connectivity index (χ4n) is 2.05. The van der Waals surface area contributed by atoms with Crippen molar-refractivity contribution < 1.29 is 23.5 Å². The van der Waals surface area contributed by atoms with E-state index in [1.54, 1.807) is 0 Å². The lowest BCUT2D eigenvalue weighted by molar-refractivity contribution is -0.114. The maximum atomic E-state index is 14.3. The summed E-state index contributed by atoms with van der Waals surface area (Å²) in [5.41, 5.74) is -0.548. The lowest BCUT2D eigenvalue weighted by Crippen LogP contribution is -2.21. The van der Waals surface area contributed by atoms with E-state index in [-0.39, 0.29) is 11.4 Å². The van der Waals surface area contributed by atoms with E-state index in [0.717, 1.165) is 24.6 Å². The normalized spacial score (nSPS) is 18.6. The fraction of sp³-hybridized carbons (Fsp3) is 0.583. The van der Waals surface area contributed by atoms with Crippen molar-refractivity contribution in [1.29, 1.82) is 0 Å². The minimum Gasteiger partial charge on any atom is -0.464 e. The monoisotopic (exact) mass is 285 g/mol. The van der Waals surface area contributed by atoms with Crippen molar-refractivity contribution in [2.75, 3.05) is 19.0 Å². The summed E-state index contributed by atoms with van der Waals surface area (Å²) >= 11 is 0. The predicted molar refractivity (Wildman–Crippen MR) is 66.7 cm³/mol. The van der Waals surface area contributed by atoms with Gasteiger partial charge in [-0.05, 0) is 19.3 Å². The van der Waals surface area contributed by atoms with Crippen LogP contribution in [0.3, 0.4) is 0 Å². The molecule has 7 nitrogen and oxygen atoms in total. The SMILES string of the molecule is COC(=O)c1nn(C2CCCCO2)c(F)c1NC(C)=O. The summed E-state index contributed by atoms with van der Waals surface area (Å²) in [5, 5.41) is 6.15. The van der Waals surface area contributed by atoms with E-state index in [1.165, 1.54) is 6.92 Å². The maximum Gasteiger partial charge on any atom is 0.360 e. The molecular weight excluding hydrogens is 269 g/mol. The molecule has 2 rings (SSSR count). The van der Waals surface area contributed by atoms with Gasteiger partial charge in [-0.1, -0.05) is 0 Å². The molecule has 0 spiro atoms. The van der Waals surface area contributed by atoms with Gasteiger partial charge in [-0.15, -0.1) is 0 Å². The van der Waals surface area contributed by atoms with E-state index in [9.17, 15) is 14.0 Å². The number of ether oxygens (including phenoxy) is 2. The molecule has 20 heavy (non-hydrogen) atoms.